The molecule has 3 rings (SSSR count). The number of rotatable bonds is 5. The summed E-state index contributed by atoms with van der Waals surface area (Å²) in [6.07, 6.45) is 3.06. The number of pyridine rings is 1. The van der Waals surface area contributed by atoms with E-state index in [2.05, 4.69) is 15.2 Å². The molecule has 0 aliphatic carbocycles. The molecule has 7 nitrogen and oxygen atoms in total. The molecule has 3 N–H and O–H groups in total. The summed E-state index contributed by atoms with van der Waals surface area (Å²) in [5.74, 6) is 0.985. The summed E-state index contributed by atoms with van der Waals surface area (Å²) in [6.45, 7) is 3.88. The number of nitrogens with one attached hydrogen (secondary N) is 3. The molecule has 1 aromatic heterocycles. The van der Waals surface area contributed by atoms with Crippen molar-refractivity contribution in [2.45, 2.75) is 4.90 Å². The first-order valence-electron chi connectivity index (χ1n) is 8.57. The Morgan fingerprint density at radius 3 is 2.62 bits per heavy atom. The fourth-order valence-corrected chi connectivity index (χ4v) is 3.72. The van der Waals surface area contributed by atoms with Gasteiger partial charge in [-0.3, -0.25) is 9.69 Å². The molecule has 0 saturated carbocycles. The maximum absolute atomic E-state index is 12.3. The molecule has 1 saturated heterocycles. The first kappa shape index (κ1) is 18.3. The van der Waals surface area contributed by atoms with Crippen molar-refractivity contribution in [1.82, 2.24) is 0 Å². The number of H-pyrrole nitrogens is 1. The molecule has 0 spiro atoms. The van der Waals surface area contributed by atoms with E-state index in [1.807, 2.05) is 24.4 Å². The number of aromatic amines is 1. The maximum Gasteiger partial charge on any atom is 0.279 e. The Morgan fingerprint density at radius 1 is 1.19 bits per heavy atom. The van der Waals surface area contributed by atoms with Crippen LogP contribution in [0.3, 0.4) is 0 Å². The van der Waals surface area contributed by atoms with E-state index in [0.717, 1.165) is 38.3 Å². The van der Waals surface area contributed by atoms with Crippen molar-refractivity contribution in [2.24, 2.45) is 0 Å². The molecule has 0 bridgehead atoms. The normalized spacial score (nSPS) is 15.7. The Kier molecular flexibility index (Phi) is 5.53. The zero-order valence-corrected chi connectivity index (χ0v) is 15.6. The highest BCUT2D eigenvalue weighted by Crippen LogP contribution is 2.15. The number of hydrogen-bond acceptors (Lipinski definition) is 4. The topological polar surface area (TPSA) is 85.1 Å². The average Bonchev–Trinajstić information content (AvgIpc) is 2.62. The van der Waals surface area contributed by atoms with Crippen LogP contribution in [0, 0.1) is 0 Å². The van der Waals surface area contributed by atoms with Gasteiger partial charge in [-0.25, -0.2) is 13.4 Å². The molecule has 1 aliphatic rings. The molecule has 8 heteroatoms. The number of hydrogen-bond donors (Lipinski definition) is 2. The van der Waals surface area contributed by atoms with Crippen molar-refractivity contribution in [3.8, 4) is 0 Å². The summed E-state index contributed by atoms with van der Waals surface area (Å²) in [5, 5.41) is 2.80. The van der Waals surface area contributed by atoms with Crippen LogP contribution in [0.5, 0.6) is 0 Å². The van der Waals surface area contributed by atoms with Gasteiger partial charge in [-0.1, -0.05) is 12.1 Å². The summed E-state index contributed by atoms with van der Waals surface area (Å²) in [6, 6.07) is 12.4. The number of benzene rings is 1. The van der Waals surface area contributed by atoms with Crippen LogP contribution < -0.4 is 20.1 Å². The van der Waals surface area contributed by atoms with Gasteiger partial charge in [0.15, 0.2) is 16.4 Å². The fourth-order valence-electron chi connectivity index (χ4n) is 3.06. The number of amides is 1. The van der Waals surface area contributed by atoms with Crippen LogP contribution in [0.2, 0.25) is 0 Å². The molecule has 0 atom stereocenters. The van der Waals surface area contributed by atoms with Gasteiger partial charge >= 0.3 is 0 Å². The number of piperazine rings is 1. The minimum atomic E-state index is -3.29. The number of quaternary nitrogens is 1. The highest BCUT2D eigenvalue weighted by atomic mass is 32.2. The molecule has 0 radical (unpaired) electrons. The van der Waals surface area contributed by atoms with Crippen LogP contribution in [0.25, 0.3) is 0 Å². The Labute approximate surface area is 153 Å². The van der Waals surface area contributed by atoms with Crippen molar-refractivity contribution in [2.75, 3.05) is 49.2 Å². The Bertz CT molecular complexity index is 863. The molecule has 138 valence electrons. The van der Waals surface area contributed by atoms with Gasteiger partial charge in [0, 0.05) is 18.0 Å². The second kappa shape index (κ2) is 7.84. The predicted molar refractivity (Wildman–Crippen MR) is 99.0 cm³/mol. The first-order chi connectivity index (χ1) is 12.4. The number of sulfone groups is 1. The zero-order valence-electron chi connectivity index (χ0n) is 14.7. The summed E-state index contributed by atoms with van der Waals surface area (Å²) >= 11 is 0. The van der Waals surface area contributed by atoms with E-state index in [1.54, 1.807) is 12.1 Å². The molecular formula is C18H24N4O3S+2. The summed E-state index contributed by atoms with van der Waals surface area (Å²) in [7, 11) is -3.29. The second-order valence-electron chi connectivity index (χ2n) is 6.51. The van der Waals surface area contributed by atoms with Crippen LogP contribution in [-0.4, -0.2) is 53.3 Å². The van der Waals surface area contributed by atoms with E-state index < -0.39 is 9.84 Å². The maximum atomic E-state index is 12.3. The smallest absolute Gasteiger partial charge is 0.279 e. The second-order valence-corrected chi connectivity index (χ2v) is 8.53. The van der Waals surface area contributed by atoms with Crippen molar-refractivity contribution in [3.05, 3.63) is 48.7 Å². The third-order valence-electron chi connectivity index (χ3n) is 4.46. The third kappa shape index (κ3) is 4.80. The van der Waals surface area contributed by atoms with Crippen LogP contribution >= 0.6 is 0 Å². The lowest BCUT2D eigenvalue weighted by atomic mass is 10.3. The van der Waals surface area contributed by atoms with Crippen molar-refractivity contribution < 1.29 is 23.1 Å². The van der Waals surface area contributed by atoms with Crippen molar-refractivity contribution >= 4 is 27.2 Å². The van der Waals surface area contributed by atoms with E-state index in [4.69, 9.17) is 0 Å². The minimum Gasteiger partial charge on any atom is -0.321 e. The highest BCUT2D eigenvalue weighted by Gasteiger charge is 2.27. The van der Waals surface area contributed by atoms with E-state index in [9.17, 15) is 13.2 Å². The molecule has 1 amide bonds. The minimum absolute atomic E-state index is 0.106. The van der Waals surface area contributed by atoms with E-state index >= 15 is 0 Å². The standard InChI is InChI=1S/C18H22N4O3S/c1-26(24,25)16-6-4-5-15(13-16)20-18(23)14-21-9-11-22(12-10-21)17-7-2-3-8-19-17/h2-8,13H,9-12,14H2,1H3,(H,20,23)/p+2. The molecular weight excluding hydrogens is 352 g/mol. The number of carbonyl (C=O) groups excluding carboxylic acids is 1. The van der Waals surface area contributed by atoms with Crippen LogP contribution in [0.15, 0.2) is 53.6 Å². The van der Waals surface area contributed by atoms with Gasteiger partial charge in [0.05, 0.1) is 11.1 Å². The van der Waals surface area contributed by atoms with Gasteiger partial charge in [0.2, 0.25) is 0 Å². The largest absolute Gasteiger partial charge is 0.321 e. The van der Waals surface area contributed by atoms with Gasteiger partial charge in [0.25, 0.3) is 11.7 Å². The lowest BCUT2D eigenvalue weighted by molar-refractivity contribution is -0.892. The molecule has 2 heterocycles. The van der Waals surface area contributed by atoms with Gasteiger partial charge in [0.1, 0.15) is 26.2 Å². The lowest BCUT2D eigenvalue weighted by Gasteiger charge is -2.27. The summed E-state index contributed by atoms with van der Waals surface area (Å²) in [5.41, 5.74) is 0.509. The van der Waals surface area contributed by atoms with E-state index in [1.165, 1.54) is 17.0 Å². The average molecular weight is 376 g/mol. The molecule has 26 heavy (non-hydrogen) atoms. The van der Waals surface area contributed by atoms with Gasteiger partial charge in [-0.05, 0) is 24.3 Å². The summed E-state index contributed by atoms with van der Waals surface area (Å²) < 4.78 is 23.2. The Hall–Kier alpha value is -2.45. The number of anilines is 2. The number of carbonyl (C=O) groups is 1. The van der Waals surface area contributed by atoms with Gasteiger partial charge < -0.3 is 10.2 Å². The number of nitrogens with zero attached hydrogens (tertiary/aromatic N) is 1. The predicted octanol–water partition coefficient (Wildman–Crippen LogP) is -0.752. The molecule has 1 aliphatic heterocycles. The molecule has 1 aromatic carbocycles. The van der Waals surface area contributed by atoms with E-state index in [0.29, 0.717) is 12.2 Å². The molecule has 1 fully saturated rings. The quantitative estimate of drug-likeness (QED) is 0.719. The van der Waals surface area contributed by atoms with Crippen molar-refractivity contribution in [3.63, 3.8) is 0 Å². The summed E-state index contributed by atoms with van der Waals surface area (Å²) in [4.78, 5) is 19.2. The molecule has 2 aromatic rings. The van der Waals surface area contributed by atoms with Crippen LogP contribution in [-0.2, 0) is 14.6 Å². The van der Waals surface area contributed by atoms with Gasteiger partial charge in [-0.2, -0.15) is 0 Å². The van der Waals surface area contributed by atoms with Crippen LogP contribution in [0.4, 0.5) is 11.5 Å². The SMILES string of the molecule is CS(=O)(=O)c1cccc(NC(=O)C[NH+]2CCN(c3cccc[nH+]3)CC2)c1. The van der Waals surface area contributed by atoms with Crippen molar-refractivity contribution in [1.29, 1.82) is 0 Å². The highest BCUT2D eigenvalue weighted by molar-refractivity contribution is 7.90. The monoisotopic (exact) mass is 376 g/mol. The third-order valence-corrected chi connectivity index (χ3v) is 5.57. The lowest BCUT2D eigenvalue weighted by Crippen LogP contribution is -3.15. The fraction of sp³-hybridized carbons (Fsp3) is 0.333. The first-order valence-corrected chi connectivity index (χ1v) is 10.5. The van der Waals surface area contributed by atoms with Crippen LogP contribution in [0.1, 0.15) is 0 Å². The zero-order chi connectivity index (χ0) is 18.6. The Morgan fingerprint density at radius 2 is 1.96 bits per heavy atom. The van der Waals surface area contributed by atoms with E-state index in [-0.39, 0.29) is 10.8 Å². The molecule has 0 unspecified atom stereocenters. The number of aromatic nitrogens is 1. The van der Waals surface area contributed by atoms with Gasteiger partial charge in [-0.15, -0.1) is 0 Å². The Balaban J connectivity index is 1.52.